The molecule has 6 rings (SSSR count). The van der Waals surface area contributed by atoms with Crippen molar-refractivity contribution in [2.45, 2.75) is 16.1 Å². The summed E-state index contributed by atoms with van der Waals surface area (Å²) in [5, 5.41) is 21.0. The van der Waals surface area contributed by atoms with Gasteiger partial charge in [0.25, 0.3) is 5.91 Å². The summed E-state index contributed by atoms with van der Waals surface area (Å²) in [6, 6.07) is 16.7. The van der Waals surface area contributed by atoms with Gasteiger partial charge in [-0.25, -0.2) is 0 Å². The molecular weight excluding hydrogens is 572 g/mol. The first kappa shape index (κ1) is 26.1. The van der Waals surface area contributed by atoms with Crippen molar-refractivity contribution >= 4 is 62.5 Å². The molecule has 1 unspecified atom stereocenters. The summed E-state index contributed by atoms with van der Waals surface area (Å²) in [5.41, 5.74) is 1.69. The molecule has 1 aliphatic heterocycles. The maximum absolute atomic E-state index is 13.8. The first-order valence-electron chi connectivity index (χ1n) is 11.9. The maximum Gasteiger partial charge on any atom is 0.296 e. The number of hydrogen-bond donors (Lipinski definition) is 1. The molecule has 12 heteroatoms. The average molecular weight is 591 g/mol. The number of rotatable bonds is 8. The molecule has 0 bridgehead atoms. The highest BCUT2D eigenvalue weighted by Gasteiger charge is 2.47. The van der Waals surface area contributed by atoms with Crippen LogP contribution in [0.5, 0.6) is 5.75 Å². The smallest absolute Gasteiger partial charge is 0.296 e. The molecule has 9 nitrogen and oxygen atoms in total. The van der Waals surface area contributed by atoms with Gasteiger partial charge in [-0.15, -0.1) is 10.2 Å². The van der Waals surface area contributed by atoms with Gasteiger partial charge in [-0.1, -0.05) is 71.1 Å². The molecule has 3 aromatic heterocycles. The minimum Gasteiger partial charge on any atom is -0.503 e. The number of carbonyl (C=O) groups is 2. The number of carbonyl (C=O) groups excluding carboxylic acids is 2. The zero-order valence-corrected chi connectivity index (χ0v) is 23.2. The molecule has 0 saturated carbocycles. The Hall–Kier alpha value is -4.19. The van der Waals surface area contributed by atoms with E-state index in [9.17, 15) is 14.7 Å². The lowest BCUT2D eigenvalue weighted by atomic mass is 9.96. The van der Waals surface area contributed by atoms with Crippen molar-refractivity contribution in [3.63, 3.8) is 0 Å². The summed E-state index contributed by atoms with van der Waals surface area (Å²) < 4.78 is 11.8. The molecular formula is C28H19ClN4O5S2. The van der Waals surface area contributed by atoms with E-state index in [0.717, 1.165) is 5.56 Å². The zero-order valence-electron chi connectivity index (χ0n) is 20.8. The Morgan fingerprint density at radius 2 is 2.02 bits per heavy atom. The minimum atomic E-state index is -1.00. The van der Waals surface area contributed by atoms with E-state index in [4.69, 9.17) is 20.8 Å². The molecule has 40 heavy (non-hydrogen) atoms. The van der Waals surface area contributed by atoms with Gasteiger partial charge in [0.05, 0.1) is 18.7 Å². The van der Waals surface area contributed by atoms with Crippen LogP contribution in [0.4, 0.5) is 5.13 Å². The fourth-order valence-electron chi connectivity index (χ4n) is 4.44. The van der Waals surface area contributed by atoms with Crippen LogP contribution in [0.1, 0.15) is 27.7 Å². The number of aliphatic hydroxyl groups excluding tert-OH is 1. The predicted octanol–water partition coefficient (Wildman–Crippen LogP) is 6.42. The number of ether oxygens (including phenoxy) is 1. The Morgan fingerprint density at radius 1 is 1.18 bits per heavy atom. The van der Waals surface area contributed by atoms with Crippen molar-refractivity contribution < 1.29 is 23.8 Å². The second-order valence-corrected chi connectivity index (χ2v) is 11.3. The Bertz CT molecular complexity index is 1790. The normalized spacial score (nSPS) is 15.3. The Balaban J connectivity index is 1.36. The van der Waals surface area contributed by atoms with E-state index >= 15 is 0 Å². The highest BCUT2D eigenvalue weighted by atomic mass is 35.5. The third kappa shape index (κ3) is 4.61. The molecule has 0 spiro atoms. The van der Waals surface area contributed by atoms with Crippen molar-refractivity contribution in [2.24, 2.45) is 0 Å². The van der Waals surface area contributed by atoms with Gasteiger partial charge in [-0.2, -0.15) is 0 Å². The standard InChI is InChI=1S/C28H19ClN4O5S2/c1-37-19-10-4-7-15-12-20(38-25(15)19)23(34)21-22(16-8-5-11-30-13-16)33(26(36)24(21)35)27-31-32-28(40-27)39-14-17-6-2-3-9-18(17)29/h2-13,22,35H,14H2,1H3. The topological polar surface area (TPSA) is 119 Å². The third-order valence-corrected chi connectivity index (χ3v) is 8.79. The molecule has 1 N–H and O–H groups in total. The maximum atomic E-state index is 13.8. The van der Waals surface area contributed by atoms with Crippen LogP contribution >= 0.6 is 34.7 Å². The van der Waals surface area contributed by atoms with Crippen molar-refractivity contribution in [1.82, 2.24) is 15.2 Å². The highest BCUT2D eigenvalue weighted by molar-refractivity contribution is 8.00. The predicted molar refractivity (Wildman–Crippen MR) is 152 cm³/mol. The number of pyridine rings is 1. The molecule has 0 saturated heterocycles. The second kappa shape index (κ2) is 10.8. The molecule has 4 heterocycles. The molecule has 5 aromatic rings. The summed E-state index contributed by atoms with van der Waals surface area (Å²) in [4.78, 5) is 32.7. The number of para-hydroxylation sites is 1. The minimum absolute atomic E-state index is 0.0437. The van der Waals surface area contributed by atoms with Crippen LogP contribution in [0.15, 0.2) is 93.1 Å². The van der Waals surface area contributed by atoms with E-state index < -0.39 is 23.5 Å². The van der Waals surface area contributed by atoms with Crippen molar-refractivity contribution in [3.05, 3.63) is 106 Å². The fourth-order valence-corrected chi connectivity index (χ4v) is 6.60. The fraction of sp³-hybridized carbons (Fsp3) is 0.107. The van der Waals surface area contributed by atoms with Gasteiger partial charge in [-0.3, -0.25) is 19.5 Å². The van der Waals surface area contributed by atoms with Crippen LogP contribution in [0.2, 0.25) is 5.02 Å². The van der Waals surface area contributed by atoms with Gasteiger partial charge in [0.15, 0.2) is 27.2 Å². The van der Waals surface area contributed by atoms with Crippen LogP contribution < -0.4 is 9.64 Å². The first-order chi connectivity index (χ1) is 19.5. The van der Waals surface area contributed by atoms with E-state index in [1.807, 2.05) is 24.3 Å². The molecule has 0 fully saturated rings. The molecule has 0 radical (unpaired) electrons. The van der Waals surface area contributed by atoms with Gasteiger partial charge >= 0.3 is 0 Å². The summed E-state index contributed by atoms with van der Waals surface area (Å²) in [6.45, 7) is 0. The number of amides is 1. The van der Waals surface area contributed by atoms with E-state index in [0.29, 0.717) is 37.4 Å². The lowest BCUT2D eigenvalue weighted by molar-refractivity contribution is -0.117. The number of methoxy groups -OCH3 is 1. The molecule has 1 amide bonds. The quantitative estimate of drug-likeness (QED) is 0.124. The lowest BCUT2D eigenvalue weighted by Crippen LogP contribution is -2.31. The van der Waals surface area contributed by atoms with E-state index in [1.165, 1.54) is 41.3 Å². The van der Waals surface area contributed by atoms with Crippen molar-refractivity contribution in [2.75, 3.05) is 12.0 Å². The molecule has 0 aliphatic carbocycles. The van der Waals surface area contributed by atoms with E-state index in [2.05, 4.69) is 15.2 Å². The SMILES string of the molecule is COc1cccc2cc(C(=O)C3=C(O)C(=O)N(c4nnc(SCc5ccccc5Cl)s4)C3c3cccnc3)oc12. The highest BCUT2D eigenvalue weighted by Crippen LogP contribution is 2.44. The number of anilines is 1. The van der Waals surface area contributed by atoms with Gasteiger partial charge in [0.1, 0.15) is 0 Å². The van der Waals surface area contributed by atoms with Crippen LogP contribution in [0.25, 0.3) is 11.0 Å². The van der Waals surface area contributed by atoms with E-state index in [-0.39, 0.29) is 16.5 Å². The largest absolute Gasteiger partial charge is 0.503 e. The molecule has 2 aromatic carbocycles. The van der Waals surface area contributed by atoms with Crippen LogP contribution in [0, 0.1) is 0 Å². The monoisotopic (exact) mass is 590 g/mol. The van der Waals surface area contributed by atoms with Gasteiger partial charge in [-0.05, 0) is 35.4 Å². The van der Waals surface area contributed by atoms with Gasteiger partial charge in [0.2, 0.25) is 10.9 Å². The van der Waals surface area contributed by atoms with Crippen molar-refractivity contribution in [1.29, 1.82) is 0 Å². The number of thioether (sulfide) groups is 1. The average Bonchev–Trinajstić information content (AvgIpc) is 3.69. The number of aromatic nitrogens is 3. The molecule has 200 valence electrons. The number of hydrogen-bond acceptors (Lipinski definition) is 10. The summed E-state index contributed by atoms with van der Waals surface area (Å²) in [5.74, 6) is -1.14. The third-order valence-electron chi connectivity index (χ3n) is 6.32. The number of ketones is 1. The van der Waals surface area contributed by atoms with Crippen LogP contribution in [-0.4, -0.2) is 39.1 Å². The number of nitrogens with zero attached hydrogens (tertiary/aromatic N) is 4. The zero-order chi connectivity index (χ0) is 27.8. The van der Waals surface area contributed by atoms with Crippen LogP contribution in [-0.2, 0) is 10.5 Å². The number of aliphatic hydroxyl groups is 1. The first-order valence-corrected chi connectivity index (χ1v) is 14.1. The Kier molecular flexibility index (Phi) is 7.01. The lowest BCUT2D eigenvalue weighted by Gasteiger charge is -2.23. The van der Waals surface area contributed by atoms with Gasteiger partial charge in [0, 0.05) is 28.6 Å². The van der Waals surface area contributed by atoms with Gasteiger partial charge < -0.3 is 14.3 Å². The Morgan fingerprint density at radius 3 is 2.80 bits per heavy atom. The molecule has 1 aliphatic rings. The second-order valence-electron chi connectivity index (χ2n) is 8.68. The van der Waals surface area contributed by atoms with Crippen LogP contribution in [0.3, 0.4) is 0 Å². The number of halogens is 1. The summed E-state index contributed by atoms with van der Waals surface area (Å²) in [6.07, 6.45) is 3.11. The number of Topliss-reactive ketones (excluding diaryl/α,β-unsaturated/α-hetero) is 1. The summed E-state index contributed by atoms with van der Waals surface area (Å²) >= 11 is 8.86. The number of benzene rings is 2. The number of fused-ring (bicyclic) bond motifs is 1. The summed E-state index contributed by atoms with van der Waals surface area (Å²) in [7, 11) is 1.50. The molecule has 1 atom stereocenters. The van der Waals surface area contributed by atoms with Crippen molar-refractivity contribution in [3.8, 4) is 5.75 Å². The number of furan rings is 1. The Labute approximate surface area is 241 Å². The van der Waals surface area contributed by atoms with E-state index in [1.54, 1.807) is 42.6 Å².